The monoisotopic (exact) mass is 395 g/mol. The van der Waals surface area contributed by atoms with Crippen molar-refractivity contribution in [3.8, 4) is 17.1 Å². The molecule has 2 aromatic carbocycles. The summed E-state index contributed by atoms with van der Waals surface area (Å²) in [6.45, 7) is 1.74. The van der Waals surface area contributed by atoms with Gasteiger partial charge in [-0.05, 0) is 52.4 Å². The van der Waals surface area contributed by atoms with Gasteiger partial charge in [0.2, 0.25) is 11.7 Å². The zero-order valence-electron chi connectivity index (χ0n) is 14.7. The van der Waals surface area contributed by atoms with E-state index >= 15 is 0 Å². The summed E-state index contributed by atoms with van der Waals surface area (Å²) in [6, 6.07) is 12.7. The topological polar surface area (TPSA) is 116 Å². The maximum atomic E-state index is 12.3. The molecule has 0 saturated heterocycles. The number of tetrazole rings is 2. The molecule has 0 saturated carbocycles. The van der Waals surface area contributed by atoms with E-state index in [9.17, 15) is 4.79 Å². The van der Waals surface area contributed by atoms with Crippen molar-refractivity contribution in [2.45, 2.75) is 13.5 Å². The first-order valence-corrected chi connectivity index (χ1v) is 8.65. The summed E-state index contributed by atoms with van der Waals surface area (Å²) in [5.74, 6) is 0.0703. The Hall–Kier alpha value is -3.66. The summed E-state index contributed by atoms with van der Waals surface area (Å²) in [5.41, 5.74) is 2.82. The number of carbonyl (C=O) groups excluding carboxylic acids is 1. The number of aromatic nitrogens is 8. The highest BCUT2D eigenvalue weighted by atomic mass is 35.5. The van der Waals surface area contributed by atoms with E-state index in [0.717, 1.165) is 5.56 Å². The predicted molar refractivity (Wildman–Crippen MR) is 101 cm³/mol. The van der Waals surface area contributed by atoms with Gasteiger partial charge in [-0.1, -0.05) is 29.8 Å². The van der Waals surface area contributed by atoms with Gasteiger partial charge in [-0.2, -0.15) is 9.48 Å². The Labute approximate surface area is 164 Å². The average Bonchev–Trinajstić information content (AvgIpc) is 3.37. The van der Waals surface area contributed by atoms with E-state index in [1.807, 2.05) is 31.2 Å². The quantitative estimate of drug-likeness (QED) is 0.548. The van der Waals surface area contributed by atoms with Crippen LogP contribution in [0.3, 0.4) is 0 Å². The number of hydrogen-bond donors (Lipinski definition) is 1. The number of para-hydroxylation sites is 1. The third-order valence-corrected chi connectivity index (χ3v) is 4.43. The van der Waals surface area contributed by atoms with E-state index < -0.39 is 0 Å². The number of nitrogens with zero attached hydrogens (tertiary/aromatic N) is 8. The first-order valence-electron chi connectivity index (χ1n) is 8.27. The summed E-state index contributed by atoms with van der Waals surface area (Å²) in [4.78, 5) is 13.6. The highest BCUT2D eigenvalue weighted by Gasteiger charge is 2.15. The van der Waals surface area contributed by atoms with Crippen LogP contribution in [0, 0.1) is 6.92 Å². The molecule has 0 unspecified atom stereocenters. The van der Waals surface area contributed by atoms with E-state index in [4.69, 9.17) is 11.6 Å². The smallest absolute Gasteiger partial charge is 0.248 e. The van der Waals surface area contributed by atoms with Crippen molar-refractivity contribution in [3.05, 3.63) is 59.4 Å². The third-order valence-electron chi connectivity index (χ3n) is 4.02. The maximum Gasteiger partial charge on any atom is 0.248 e. The molecule has 0 aliphatic heterocycles. The molecule has 2 heterocycles. The van der Waals surface area contributed by atoms with Gasteiger partial charge < -0.3 is 5.32 Å². The van der Waals surface area contributed by atoms with Gasteiger partial charge in [-0.3, -0.25) is 4.79 Å². The Morgan fingerprint density at radius 1 is 1.14 bits per heavy atom. The molecular weight excluding hydrogens is 382 g/mol. The van der Waals surface area contributed by atoms with Crippen LogP contribution >= 0.6 is 11.6 Å². The lowest BCUT2D eigenvalue weighted by Gasteiger charge is -2.08. The number of benzene rings is 2. The fraction of sp³-hybridized carbons (Fsp3) is 0.118. The van der Waals surface area contributed by atoms with Crippen LogP contribution in [0.5, 0.6) is 0 Å². The third kappa shape index (κ3) is 3.58. The van der Waals surface area contributed by atoms with E-state index in [-0.39, 0.29) is 12.5 Å². The SMILES string of the molecule is Cc1c(Cl)cccc1NC(=O)Cn1nnc(-c2ccccc2-n2cnnn2)n1. The Balaban J connectivity index is 1.53. The Kier molecular flexibility index (Phi) is 4.77. The lowest BCUT2D eigenvalue weighted by molar-refractivity contribution is -0.117. The molecule has 11 heteroatoms. The van der Waals surface area contributed by atoms with Crippen molar-refractivity contribution < 1.29 is 4.79 Å². The van der Waals surface area contributed by atoms with Crippen LogP contribution in [0.4, 0.5) is 5.69 Å². The van der Waals surface area contributed by atoms with Crippen LogP contribution in [-0.4, -0.2) is 46.3 Å². The summed E-state index contributed by atoms with van der Waals surface area (Å²) in [5, 5.41) is 26.9. The molecule has 0 atom stereocenters. The lowest BCUT2D eigenvalue weighted by Crippen LogP contribution is -2.21. The second-order valence-corrected chi connectivity index (χ2v) is 6.28. The summed E-state index contributed by atoms with van der Waals surface area (Å²) in [7, 11) is 0. The molecule has 28 heavy (non-hydrogen) atoms. The Bertz CT molecular complexity index is 1120. The molecule has 0 aliphatic carbocycles. The predicted octanol–water partition coefficient (Wildman–Crippen LogP) is 1.92. The number of rotatable bonds is 5. The zero-order valence-corrected chi connectivity index (χ0v) is 15.4. The average molecular weight is 396 g/mol. The zero-order chi connectivity index (χ0) is 19.5. The number of halogens is 1. The van der Waals surface area contributed by atoms with E-state index in [1.54, 1.807) is 18.2 Å². The van der Waals surface area contributed by atoms with Gasteiger partial charge in [-0.15, -0.1) is 15.3 Å². The molecule has 2 aromatic heterocycles. The molecule has 1 amide bonds. The largest absolute Gasteiger partial charge is 0.324 e. The number of hydrogen-bond acceptors (Lipinski definition) is 7. The lowest BCUT2D eigenvalue weighted by atomic mass is 10.1. The van der Waals surface area contributed by atoms with Crippen LogP contribution in [0.1, 0.15) is 5.56 Å². The summed E-state index contributed by atoms with van der Waals surface area (Å²) in [6.07, 6.45) is 1.48. The van der Waals surface area contributed by atoms with Crippen LogP contribution in [0.15, 0.2) is 48.8 Å². The van der Waals surface area contributed by atoms with Gasteiger partial charge in [-0.25, -0.2) is 0 Å². The van der Waals surface area contributed by atoms with Crippen LogP contribution in [0.25, 0.3) is 17.1 Å². The molecule has 4 rings (SSSR count). The van der Waals surface area contributed by atoms with Gasteiger partial charge in [0.15, 0.2) is 0 Å². The van der Waals surface area contributed by atoms with Crippen molar-refractivity contribution in [1.82, 2.24) is 40.4 Å². The minimum absolute atomic E-state index is 0.0913. The van der Waals surface area contributed by atoms with Crippen molar-refractivity contribution >= 4 is 23.2 Å². The molecular formula is C17H14ClN9O. The van der Waals surface area contributed by atoms with E-state index in [1.165, 1.54) is 15.8 Å². The van der Waals surface area contributed by atoms with Crippen LogP contribution < -0.4 is 5.32 Å². The van der Waals surface area contributed by atoms with Crippen molar-refractivity contribution in [2.75, 3.05) is 5.32 Å². The van der Waals surface area contributed by atoms with Gasteiger partial charge in [0.1, 0.15) is 12.9 Å². The highest BCUT2D eigenvalue weighted by molar-refractivity contribution is 6.31. The number of nitrogens with one attached hydrogen (secondary N) is 1. The molecule has 0 radical (unpaired) electrons. The Morgan fingerprint density at radius 3 is 2.82 bits per heavy atom. The first-order chi connectivity index (χ1) is 13.6. The molecule has 0 aliphatic rings. The second-order valence-electron chi connectivity index (χ2n) is 5.88. The van der Waals surface area contributed by atoms with Crippen molar-refractivity contribution in [2.24, 2.45) is 0 Å². The minimum Gasteiger partial charge on any atom is -0.324 e. The molecule has 0 fully saturated rings. The Morgan fingerprint density at radius 2 is 2.00 bits per heavy atom. The fourth-order valence-electron chi connectivity index (χ4n) is 2.61. The standard InChI is InChI=1S/C17H14ClN9O/c1-11-13(18)6-4-7-14(11)20-16(28)9-27-22-17(21-24-27)12-5-2-3-8-15(12)26-10-19-23-25-26/h2-8,10H,9H2,1H3,(H,20,28). The normalized spacial score (nSPS) is 10.8. The molecule has 0 spiro atoms. The molecule has 0 bridgehead atoms. The van der Waals surface area contributed by atoms with Gasteiger partial charge in [0.25, 0.3) is 0 Å². The van der Waals surface area contributed by atoms with E-state index in [2.05, 4.69) is 36.3 Å². The number of anilines is 1. The van der Waals surface area contributed by atoms with Crippen molar-refractivity contribution in [1.29, 1.82) is 0 Å². The summed E-state index contributed by atoms with van der Waals surface area (Å²) >= 11 is 6.08. The first kappa shape index (κ1) is 17.7. The van der Waals surface area contributed by atoms with Gasteiger partial charge >= 0.3 is 0 Å². The van der Waals surface area contributed by atoms with Crippen LogP contribution in [-0.2, 0) is 11.3 Å². The fourth-order valence-corrected chi connectivity index (χ4v) is 2.79. The van der Waals surface area contributed by atoms with Crippen LogP contribution in [0.2, 0.25) is 5.02 Å². The van der Waals surface area contributed by atoms with Crippen molar-refractivity contribution in [3.63, 3.8) is 0 Å². The number of amides is 1. The van der Waals surface area contributed by atoms with Gasteiger partial charge in [0.05, 0.1) is 5.69 Å². The molecule has 140 valence electrons. The minimum atomic E-state index is -0.289. The molecule has 4 aromatic rings. The van der Waals surface area contributed by atoms with Gasteiger partial charge in [0, 0.05) is 16.3 Å². The summed E-state index contributed by atoms with van der Waals surface area (Å²) < 4.78 is 1.50. The molecule has 10 nitrogen and oxygen atoms in total. The number of carbonyl (C=O) groups is 1. The maximum absolute atomic E-state index is 12.3. The highest BCUT2D eigenvalue weighted by Crippen LogP contribution is 2.23. The van der Waals surface area contributed by atoms with E-state index in [0.29, 0.717) is 27.8 Å². The second kappa shape index (κ2) is 7.53. The molecule has 1 N–H and O–H groups in total.